The van der Waals surface area contributed by atoms with Gasteiger partial charge in [-0.15, -0.1) is 11.6 Å². The molecule has 18 heavy (non-hydrogen) atoms. The van der Waals surface area contributed by atoms with Gasteiger partial charge in [-0.3, -0.25) is 4.79 Å². The highest BCUT2D eigenvalue weighted by molar-refractivity contribution is 6.19. The Labute approximate surface area is 117 Å². The van der Waals surface area contributed by atoms with Crippen LogP contribution in [0.25, 0.3) is 0 Å². The van der Waals surface area contributed by atoms with E-state index in [-0.39, 0.29) is 5.91 Å². The van der Waals surface area contributed by atoms with Crippen molar-refractivity contribution in [2.45, 2.75) is 59.9 Å². The molecule has 3 unspecified atom stereocenters. The van der Waals surface area contributed by atoms with E-state index in [2.05, 4.69) is 26.1 Å². The van der Waals surface area contributed by atoms with E-state index in [0.717, 1.165) is 6.42 Å². The molecule has 0 radical (unpaired) electrons. The summed E-state index contributed by atoms with van der Waals surface area (Å²) in [6.45, 7) is 10.6. The molecule has 1 N–H and O–H groups in total. The Hall–Kier alpha value is -0.240. The summed E-state index contributed by atoms with van der Waals surface area (Å²) >= 11 is 5.87. The molecule has 0 saturated heterocycles. The number of carbonyl (C=O) groups excluding carboxylic acids is 1. The lowest BCUT2D eigenvalue weighted by Crippen LogP contribution is -2.50. The van der Waals surface area contributed by atoms with Crippen LogP contribution in [0.3, 0.4) is 0 Å². The highest BCUT2D eigenvalue weighted by atomic mass is 35.5. The average Bonchev–Trinajstić information content (AvgIpc) is 2.28. The molecule has 1 aliphatic rings. The molecular formula is C15H28ClNO. The standard InChI is InChI=1S/C15H28ClNO/c1-10(2)12-7-6-11(3)8-13(12)17-14(18)15(4,5)9-16/h10-13H,6-9H2,1-5H3,(H,17,18). The van der Waals surface area contributed by atoms with Crippen LogP contribution in [0.1, 0.15) is 53.9 Å². The third kappa shape index (κ3) is 3.88. The molecule has 0 spiro atoms. The van der Waals surface area contributed by atoms with Crippen LogP contribution in [0.15, 0.2) is 0 Å². The molecule has 2 nitrogen and oxygen atoms in total. The van der Waals surface area contributed by atoms with E-state index in [0.29, 0.717) is 29.7 Å². The van der Waals surface area contributed by atoms with Gasteiger partial charge in [0.05, 0.1) is 5.41 Å². The fourth-order valence-electron chi connectivity index (χ4n) is 2.79. The summed E-state index contributed by atoms with van der Waals surface area (Å²) in [6, 6.07) is 0.323. The van der Waals surface area contributed by atoms with Gasteiger partial charge in [-0.2, -0.15) is 0 Å². The molecule has 1 rings (SSSR count). The zero-order chi connectivity index (χ0) is 13.9. The molecule has 1 aliphatic carbocycles. The van der Waals surface area contributed by atoms with Crippen molar-refractivity contribution in [1.29, 1.82) is 0 Å². The molecular weight excluding hydrogens is 246 g/mol. The van der Waals surface area contributed by atoms with Crippen LogP contribution < -0.4 is 5.32 Å². The Kier molecular flexibility index (Phi) is 5.51. The minimum Gasteiger partial charge on any atom is -0.353 e. The average molecular weight is 274 g/mol. The second kappa shape index (κ2) is 6.27. The summed E-state index contributed by atoms with van der Waals surface area (Å²) in [6.07, 6.45) is 3.62. The van der Waals surface area contributed by atoms with Crippen LogP contribution in [0.5, 0.6) is 0 Å². The van der Waals surface area contributed by atoms with Gasteiger partial charge < -0.3 is 5.32 Å². The van der Waals surface area contributed by atoms with Crippen LogP contribution in [0, 0.1) is 23.2 Å². The van der Waals surface area contributed by atoms with Gasteiger partial charge in [0.1, 0.15) is 0 Å². The van der Waals surface area contributed by atoms with Gasteiger partial charge in [-0.05, 0) is 44.4 Å². The van der Waals surface area contributed by atoms with Crippen molar-refractivity contribution in [2.75, 3.05) is 5.88 Å². The molecule has 0 heterocycles. The summed E-state index contributed by atoms with van der Waals surface area (Å²) in [7, 11) is 0. The highest BCUT2D eigenvalue weighted by Gasteiger charge is 2.35. The van der Waals surface area contributed by atoms with Gasteiger partial charge in [-0.25, -0.2) is 0 Å². The Bertz CT molecular complexity index is 288. The number of hydrogen-bond acceptors (Lipinski definition) is 1. The van der Waals surface area contributed by atoms with Crippen LogP contribution >= 0.6 is 11.6 Å². The molecule has 0 aromatic rings. The second-order valence-corrected chi connectivity index (χ2v) is 7.19. The van der Waals surface area contributed by atoms with Crippen molar-refractivity contribution >= 4 is 17.5 Å². The zero-order valence-corrected chi connectivity index (χ0v) is 13.2. The summed E-state index contributed by atoms with van der Waals surface area (Å²) in [5.41, 5.74) is -0.468. The first-order valence-corrected chi connectivity index (χ1v) is 7.68. The van der Waals surface area contributed by atoms with E-state index in [4.69, 9.17) is 11.6 Å². The third-order valence-electron chi connectivity index (χ3n) is 4.29. The monoisotopic (exact) mass is 273 g/mol. The van der Waals surface area contributed by atoms with E-state index in [1.54, 1.807) is 0 Å². The zero-order valence-electron chi connectivity index (χ0n) is 12.4. The number of nitrogens with one attached hydrogen (secondary N) is 1. The molecule has 3 atom stereocenters. The summed E-state index contributed by atoms with van der Waals surface area (Å²) in [4.78, 5) is 12.2. The molecule has 1 saturated carbocycles. The van der Waals surface area contributed by atoms with Gasteiger partial charge in [0.25, 0.3) is 0 Å². The van der Waals surface area contributed by atoms with Crippen LogP contribution in [-0.2, 0) is 4.79 Å². The number of hydrogen-bond donors (Lipinski definition) is 1. The Morgan fingerprint density at radius 3 is 2.50 bits per heavy atom. The van der Waals surface area contributed by atoms with Gasteiger partial charge in [0.15, 0.2) is 0 Å². The quantitative estimate of drug-likeness (QED) is 0.775. The van der Waals surface area contributed by atoms with Gasteiger partial charge in [0.2, 0.25) is 5.91 Å². The van der Waals surface area contributed by atoms with E-state index in [1.807, 2.05) is 13.8 Å². The lowest BCUT2D eigenvalue weighted by molar-refractivity contribution is -0.130. The van der Waals surface area contributed by atoms with E-state index in [9.17, 15) is 4.79 Å². The molecule has 1 amide bonds. The lowest BCUT2D eigenvalue weighted by Gasteiger charge is -2.39. The van der Waals surface area contributed by atoms with Crippen molar-refractivity contribution in [2.24, 2.45) is 23.2 Å². The van der Waals surface area contributed by atoms with Crippen LogP contribution in [-0.4, -0.2) is 17.8 Å². The van der Waals surface area contributed by atoms with Crippen molar-refractivity contribution in [3.63, 3.8) is 0 Å². The van der Waals surface area contributed by atoms with E-state index < -0.39 is 5.41 Å². The maximum atomic E-state index is 12.2. The highest BCUT2D eigenvalue weighted by Crippen LogP contribution is 2.34. The SMILES string of the molecule is CC1CCC(C(C)C)C(NC(=O)C(C)(C)CCl)C1. The summed E-state index contributed by atoms with van der Waals surface area (Å²) in [5, 5.41) is 3.25. The fourth-order valence-corrected chi connectivity index (χ4v) is 2.91. The Balaban J connectivity index is 2.69. The topological polar surface area (TPSA) is 29.1 Å². The van der Waals surface area contributed by atoms with Crippen molar-refractivity contribution < 1.29 is 4.79 Å². The largest absolute Gasteiger partial charge is 0.353 e. The maximum Gasteiger partial charge on any atom is 0.227 e. The van der Waals surface area contributed by atoms with Gasteiger partial charge >= 0.3 is 0 Å². The molecule has 0 aliphatic heterocycles. The molecule has 0 aromatic heterocycles. The van der Waals surface area contributed by atoms with Crippen molar-refractivity contribution in [1.82, 2.24) is 5.32 Å². The van der Waals surface area contributed by atoms with Crippen molar-refractivity contribution in [3.8, 4) is 0 Å². The number of amides is 1. The van der Waals surface area contributed by atoms with Crippen LogP contribution in [0.2, 0.25) is 0 Å². The number of alkyl halides is 1. The number of halogens is 1. The molecule has 106 valence electrons. The van der Waals surface area contributed by atoms with Crippen LogP contribution in [0.4, 0.5) is 0 Å². The smallest absolute Gasteiger partial charge is 0.227 e. The Morgan fingerprint density at radius 1 is 1.39 bits per heavy atom. The molecule has 0 aromatic carbocycles. The second-order valence-electron chi connectivity index (χ2n) is 6.92. The minimum absolute atomic E-state index is 0.0993. The molecule has 3 heteroatoms. The number of rotatable bonds is 4. The first-order valence-electron chi connectivity index (χ1n) is 7.15. The predicted molar refractivity (Wildman–Crippen MR) is 77.8 cm³/mol. The summed E-state index contributed by atoms with van der Waals surface area (Å²) in [5.74, 6) is 2.41. The first kappa shape index (κ1) is 15.8. The molecule has 0 bridgehead atoms. The van der Waals surface area contributed by atoms with Gasteiger partial charge in [-0.1, -0.05) is 27.2 Å². The fraction of sp³-hybridized carbons (Fsp3) is 0.933. The number of carbonyl (C=O) groups is 1. The minimum atomic E-state index is -0.468. The predicted octanol–water partition coefficient (Wildman–Crippen LogP) is 3.83. The van der Waals surface area contributed by atoms with E-state index >= 15 is 0 Å². The first-order chi connectivity index (χ1) is 8.27. The Morgan fingerprint density at radius 2 is 2.00 bits per heavy atom. The molecule has 1 fully saturated rings. The lowest BCUT2D eigenvalue weighted by atomic mass is 9.73. The maximum absolute atomic E-state index is 12.2. The van der Waals surface area contributed by atoms with E-state index in [1.165, 1.54) is 12.8 Å². The third-order valence-corrected chi connectivity index (χ3v) is 4.96. The summed E-state index contributed by atoms with van der Waals surface area (Å²) < 4.78 is 0. The van der Waals surface area contributed by atoms with Crippen molar-refractivity contribution in [3.05, 3.63) is 0 Å². The normalized spacial score (nSPS) is 29.4. The van der Waals surface area contributed by atoms with Gasteiger partial charge in [0, 0.05) is 11.9 Å².